The predicted molar refractivity (Wildman–Crippen MR) is 68.8 cm³/mol. The molecule has 1 N–H and O–H groups in total. The average molecular weight is 290 g/mol. The van der Waals surface area contributed by atoms with Crippen molar-refractivity contribution < 1.29 is 17.6 Å². The van der Waals surface area contributed by atoms with E-state index in [1.54, 1.807) is 30.0 Å². The molecule has 2 unspecified atom stereocenters. The second-order valence-corrected chi connectivity index (χ2v) is 5.14. The summed E-state index contributed by atoms with van der Waals surface area (Å²) in [6, 6.07) is 5.87. The van der Waals surface area contributed by atoms with Crippen LogP contribution < -0.4 is 5.32 Å². The van der Waals surface area contributed by atoms with Crippen LogP contribution in [-0.2, 0) is 0 Å². The first-order valence-electron chi connectivity index (χ1n) is 6.65. The number of hydrogen-bond acceptors (Lipinski definition) is 2. The smallest absolute Gasteiger partial charge is 0.315 e. The third-order valence-corrected chi connectivity index (χ3v) is 3.79. The molecule has 0 bridgehead atoms. The van der Waals surface area contributed by atoms with Crippen molar-refractivity contribution in [2.24, 2.45) is 5.92 Å². The van der Waals surface area contributed by atoms with Crippen LogP contribution in [0, 0.1) is 11.7 Å². The van der Waals surface area contributed by atoms with E-state index >= 15 is 0 Å². The van der Waals surface area contributed by atoms with E-state index in [0.29, 0.717) is 18.7 Å². The zero-order valence-corrected chi connectivity index (χ0v) is 11.3. The molecular weight excluding hydrogens is 272 g/mol. The van der Waals surface area contributed by atoms with E-state index in [1.165, 1.54) is 6.07 Å². The van der Waals surface area contributed by atoms with Crippen molar-refractivity contribution in [3.05, 3.63) is 35.6 Å². The summed E-state index contributed by atoms with van der Waals surface area (Å²) in [5.74, 6) is -1.79. The molecule has 112 valence electrons. The Morgan fingerprint density at radius 2 is 2.00 bits per heavy atom. The highest BCUT2D eigenvalue weighted by atomic mass is 19.4. The quantitative estimate of drug-likeness (QED) is 0.842. The highest BCUT2D eigenvalue weighted by molar-refractivity contribution is 5.20. The van der Waals surface area contributed by atoms with Gasteiger partial charge in [0, 0.05) is 37.8 Å². The number of benzene rings is 1. The number of hydrogen-bond donors (Lipinski definition) is 1. The van der Waals surface area contributed by atoms with Crippen LogP contribution >= 0.6 is 0 Å². The van der Waals surface area contributed by atoms with Crippen molar-refractivity contribution in [2.75, 3.05) is 26.2 Å². The fourth-order valence-electron chi connectivity index (χ4n) is 2.52. The number of nitrogens with one attached hydrogen (secondary N) is 1. The Morgan fingerprint density at radius 1 is 1.30 bits per heavy atom. The molecule has 0 saturated carbocycles. The molecule has 20 heavy (non-hydrogen) atoms. The summed E-state index contributed by atoms with van der Waals surface area (Å²) in [7, 11) is 0. The van der Waals surface area contributed by atoms with Crippen molar-refractivity contribution in [2.45, 2.75) is 19.1 Å². The van der Waals surface area contributed by atoms with Gasteiger partial charge in [0.05, 0.1) is 5.92 Å². The topological polar surface area (TPSA) is 15.3 Å². The molecule has 6 heteroatoms. The Morgan fingerprint density at radius 3 is 2.65 bits per heavy atom. The molecule has 1 aromatic carbocycles. The van der Waals surface area contributed by atoms with Gasteiger partial charge in [-0.1, -0.05) is 18.2 Å². The average Bonchev–Trinajstić information content (AvgIpc) is 2.64. The molecule has 1 saturated heterocycles. The van der Waals surface area contributed by atoms with Crippen molar-refractivity contribution in [1.82, 2.24) is 10.2 Å². The fourth-order valence-corrected chi connectivity index (χ4v) is 2.52. The summed E-state index contributed by atoms with van der Waals surface area (Å²) >= 11 is 0. The largest absolute Gasteiger partial charge is 0.394 e. The molecule has 1 aliphatic heterocycles. The van der Waals surface area contributed by atoms with Gasteiger partial charge in [0.2, 0.25) is 0 Å². The van der Waals surface area contributed by atoms with E-state index < -0.39 is 12.1 Å². The van der Waals surface area contributed by atoms with Crippen molar-refractivity contribution in [3.8, 4) is 0 Å². The van der Waals surface area contributed by atoms with Crippen LogP contribution in [0.1, 0.15) is 18.5 Å². The summed E-state index contributed by atoms with van der Waals surface area (Å²) in [4.78, 5) is 1.69. The van der Waals surface area contributed by atoms with E-state index in [2.05, 4.69) is 5.32 Å². The summed E-state index contributed by atoms with van der Waals surface area (Å²) < 4.78 is 52.5. The first kappa shape index (κ1) is 15.3. The number of rotatable bonds is 2. The van der Waals surface area contributed by atoms with Crippen LogP contribution in [0.15, 0.2) is 24.3 Å². The molecule has 2 nitrogen and oxygen atoms in total. The lowest BCUT2D eigenvalue weighted by atomic mass is 10.0. The summed E-state index contributed by atoms with van der Waals surface area (Å²) in [5.41, 5.74) is 0.440. The standard InChI is InChI=1S/C14H18F4N2/c1-10(12-4-2-3-5-13(12)15)20-7-6-19-8-11(9-20)14(16,17)18/h2-5,10-11,19H,6-9H2,1H3. The van der Waals surface area contributed by atoms with E-state index in [9.17, 15) is 17.6 Å². The zero-order valence-electron chi connectivity index (χ0n) is 11.3. The lowest BCUT2D eigenvalue weighted by Crippen LogP contribution is -2.39. The van der Waals surface area contributed by atoms with Crippen molar-refractivity contribution in [1.29, 1.82) is 0 Å². The van der Waals surface area contributed by atoms with Gasteiger partial charge in [-0.3, -0.25) is 4.90 Å². The maximum atomic E-state index is 13.8. The van der Waals surface area contributed by atoms with Gasteiger partial charge in [-0.2, -0.15) is 13.2 Å². The van der Waals surface area contributed by atoms with Crippen LogP contribution in [0.5, 0.6) is 0 Å². The number of alkyl halides is 3. The lowest BCUT2D eigenvalue weighted by Gasteiger charge is -2.31. The Labute approximate surface area is 115 Å². The maximum absolute atomic E-state index is 13.8. The van der Waals surface area contributed by atoms with Gasteiger partial charge in [0.1, 0.15) is 5.82 Å². The minimum absolute atomic E-state index is 0.0794. The summed E-state index contributed by atoms with van der Waals surface area (Å²) in [6.45, 7) is 2.51. The van der Waals surface area contributed by atoms with Crippen LogP contribution in [-0.4, -0.2) is 37.3 Å². The Hall–Kier alpha value is -1.14. The molecule has 0 aliphatic carbocycles. The molecule has 1 heterocycles. The van der Waals surface area contributed by atoms with Crippen LogP contribution in [0.3, 0.4) is 0 Å². The second-order valence-electron chi connectivity index (χ2n) is 5.14. The SMILES string of the molecule is CC(c1ccccc1F)N1CCNCC(C(F)(F)F)C1. The Balaban J connectivity index is 2.16. The van der Waals surface area contributed by atoms with E-state index in [1.807, 2.05) is 0 Å². The highest BCUT2D eigenvalue weighted by Crippen LogP contribution is 2.31. The molecule has 0 aromatic heterocycles. The number of nitrogens with zero attached hydrogens (tertiary/aromatic N) is 1. The summed E-state index contributed by atoms with van der Waals surface area (Å²) in [6.07, 6.45) is -4.23. The first-order valence-corrected chi connectivity index (χ1v) is 6.65. The van der Waals surface area contributed by atoms with Gasteiger partial charge in [-0.15, -0.1) is 0 Å². The maximum Gasteiger partial charge on any atom is 0.394 e. The van der Waals surface area contributed by atoms with Gasteiger partial charge in [-0.25, -0.2) is 4.39 Å². The monoisotopic (exact) mass is 290 g/mol. The third kappa shape index (κ3) is 3.49. The summed E-state index contributed by atoms with van der Waals surface area (Å²) in [5, 5.41) is 2.80. The van der Waals surface area contributed by atoms with E-state index in [0.717, 1.165) is 0 Å². The third-order valence-electron chi connectivity index (χ3n) is 3.79. The molecule has 2 atom stereocenters. The molecule has 1 aromatic rings. The second kappa shape index (κ2) is 6.10. The Kier molecular flexibility index (Phi) is 4.65. The van der Waals surface area contributed by atoms with Crippen LogP contribution in [0.25, 0.3) is 0 Å². The highest BCUT2D eigenvalue weighted by Gasteiger charge is 2.41. The lowest BCUT2D eigenvalue weighted by molar-refractivity contribution is -0.176. The molecule has 1 fully saturated rings. The predicted octanol–water partition coefficient (Wildman–Crippen LogP) is 2.97. The molecule has 0 amide bonds. The fraction of sp³-hybridized carbons (Fsp3) is 0.571. The minimum atomic E-state index is -4.23. The van der Waals surface area contributed by atoms with Gasteiger partial charge in [-0.05, 0) is 13.0 Å². The Bertz CT molecular complexity index is 447. The van der Waals surface area contributed by atoms with Gasteiger partial charge >= 0.3 is 6.18 Å². The molecular formula is C14H18F4N2. The molecule has 0 spiro atoms. The van der Waals surface area contributed by atoms with Gasteiger partial charge < -0.3 is 5.32 Å². The van der Waals surface area contributed by atoms with Crippen LogP contribution in [0.2, 0.25) is 0 Å². The van der Waals surface area contributed by atoms with Crippen molar-refractivity contribution >= 4 is 0 Å². The minimum Gasteiger partial charge on any atom is -0.315 e. The number of halogens is 4. The first-order chi connectivity index (χ1) is 9.39. The van der Waals surface area contributed by atoms with E-state index in [4.69, 9.17) is 0 Å². The van der Waals surface area contributed by atoms with Gasteiger partial charge in [0.15, 0.2) is 0 Å². The van der Waals surface area contributed by atoms with Crippen molar-refractivity contribution in [3.63, 3.8) is 0 Å². The van der Waals surface area contributed by atoms with E-state index in [-0.39, 0.29) is 24.9 Å². The van der Waals surface area contributed by atoms with Crippen LogP contribution in [0.4, 0.5) is 17.6 Å². The van der Waals surface area contributed by atoms with Gasteiger partial charge in [0.25, 0.3) is 0 Å². The normalized spacial score (nSPS) is 23.4. The zero-order chi connectivity index (χ0) is 14.8. The molecule has 0 radical (unpaired) electrons. The molecule has 1 aliphatic rings. The molecule has 2 rings (SSSR count).